The van der Waals surface area contributed by atoms with Crippen molar-refractivity contribution in [3.63, 3.8) is 0 Å². The first-order chi connectivity index (χ1) is 12.5. The fourth-order valence-electron chi connectivity index (χ4n) is 2.32. The summed E-state index contributed by atoms with van der Waals surface area (Å²) in [4.78, 5) is 0. The molecule has 0 amide bonds. The standard InChI is InChI=1S/C18H13Cl3FN3S/c1-2-7-25-17(11-4-6-14(19)16(21)8-11)23-24-18(25)26-10-12-3-5-13(22)9-15(12)20/h2-6,8-9H,1,7,10H2. The highest BCUT2D eigenvalue weighted by Gasteiger charge is 2.15. The molecule has 0 radical (unpaired) electrons. The van der Waals surface area contributed by atoms with Crippen molar-refractivity contribution in [1.29, 1.82) is 0 Å². The van der Waals surface area contributed by atoms with Crippen LogP contribution in [0.3, 0.4) is 0 Å². The van der Waals surface area contributed by atoms with Gasteiger partial charge in [-0.3, -0.25) is 4.57 Å². The molecule has 8 heteroatoms. The van der Waals surface area contributed by atoms with Crippen LogP contribution in [0.25, 0.3) is 11.4 Å². The summed E-state index contributed by atoms with van der Waals surface area (Å²) in [5.41, 5.74) is 1.63. The van der Waals surface area contributed by atoms with E-state index in [1.165, 1.54) is 23.9 Å². The second-order valence-electron chi connectivity index (χ2n) is 5.36. The lowest BCUT2D eigenvalue weighted by molar-refractivity contribution is 0.627. The maximum absolute atomic E-state index is 13.2. The highest BCUT2D eigenvalue weighted by molar-refractivity contribution is 7.98. The largest absolute Gasteiger partial charge is 0.298 e. The van der Waals surface area contributed by atoms with Crippen molar-refractivity contribution >= 4 is 46.6 Å². The van der Waals surface area contributed by atoms with Gasteiger partial charge < -0.3 is 0 Å². The molecule has 26 heavy (non-hydrogen) atoms. The van der Waals surface area contributed by atoms with Crippen LogP contribution in [0.1, 0.15) is 5.56 Å². The predicted octanol–water partition coefficient (Wildman–Crippen LogP) is 6.52. The molecule has 1 aromatic heterocycles. The summed E-state index contributed by atoms with van der Waals surface area (Å²) in [6.07, 6.45) is 1.76. The third kappa shape index (κ3) is 4.23. The smallest absolute Gasteiger partial charge is 0.192 e. The molecule has 134 valence electrons. The first kappa shape index (κ1) is 19.2. The number of aromatic nitrogens is 3. The molecule has 0 saturated carbocycles. The van der Waals surface area contributed by atoms with E-state index in [2.05, 4.69) is 16.8 Å². The lowest BCUT2D eigenvalue weighted by atomic mass is 10.2. The molecule has 0 unspecified atom stereocenters. The Morgan fingerprint density at radius 3 is 2.54 bits per heavy atom. The molecule has 2 aromatic carbocycles. The lowest BCUT2D eigenvalue weighted by Crippen LogP contribution is -2.01. The Bertz CT molecular complexity index is 959. The van der Waals surface area contributed by atoms with Crippen LogP contribution in [-0.2, 0) is 12.3 Å². The molecule has 3 nitrogen and oxygen atoms in total. The van der Waals surface area contributed by atoms with Gasteiger partial charge in [0.1, 0.15) is 5.82 Å². The van der Waals surface area contributed by atoms with E-state index >= 15 is 0 Å². The Labute approximate surface area is 169 Å². The van der Waals surface area contributed by atoms with Gasteiger partial charge in [0.05, 0.1) is 10.0 Å². The molecule has 0 aliphatic rings. The molecule has 0 aliphatic heterocycles. The summed E-state index contributed by atoms with van der Waals surface area (Å²) >= 11 is 19.6. The van der Waals surface area contributed by atoms with Gasteiger partial charge in [0.25, 0.3) is 0 Å². The molecule has 1 heterocycles. The minimum atomic E-state index is -0.361. The summed E-state index contributed by atoms with van der Waals surface area (Å²) in [7, 11) is 0. The van der Waals surface area contributed by atoms with E-state index in [0.717, 1.165) is 11.1 Å². The van der Waals surface area contributed by atoms with Crippen LogP contribution in [0.2, 0.25) is 15.1 Å². The molecule has 0 atom stereocenters. The van der Waals surface area contributed by atoms with Crippen LogP contribution in [0.4, 0.5) is 4.39 Å². The Hall–Kier alpha value is -1.53. The summed E-state index contributed by atoms with van der Waals surface area (Å²) in [5.74, 6) is 0.840. The highest BCUT2D eigenvalue weighted by Crippen LogP contribution is 2.31. The van der Waals surface area contributed by atoms with Gasteiger partial charge in [0.2, 0.25) is 0 Å². The minimum absolute atomic E-state index is 0.361. The molecule has 3 aromatic rings. The van der Waals surface area contributed by atoms with Gasteiger partial charge in [-0.15, -0.1) is 16.8 Å². The molecule has 0 N–H and O–H groups in total. The number of allylic oxidation sites excluding steroid dienone is 1. The Kier molecular flexibility index (Phi) is 6.24. The van der Waals surface area contributed by atoms with Crippen LogP contribution in [0.15, 0.2) is 54.2 Å². The summed E-state index contributed by atoms with van der Waals surface area (Å²) in [6, 6.07) is 9.66. The third-order valence-corrected chi connectivity index (χ3v) is 5.68. The molecule has 0 fully saturated rings. The van der Waals surface area contributed by atoms with E-state index in [4.69, 9.17) is 34.8 Å². The van der Waals surface area contributed by atoms with Crippen LogP contribution in [-0.4, -0.2) is 14.8 Å². The van der Waals surface area contributed by atoms with Crippen LogP contribution < -0.4 is 0 Å². The maximum atomic E-state index is 13.2. The van der Waals surface area contributed by atoms with Crippen LogP contribution in [0.5, 0.6) is 0 Å². The van der Waals surface area contributed by atoms with Crippen LogP contribution >= 0.6 is 46.6 Å². The Balaban J connectivity index is 1.89. The molecule has 0 spiro atoms. The molecular formula is C18H13Cl3FN3S. The summed E-state index contributed by atoms with van der Waals surface area (Å²) < 4.78 is 15.1. The van der Waals surface area contributed by atoms with Gasteiger partial charge in [-0.1, -0.05) is 58.7 Å². The van der Waals surface area contributed by atoms with Crippen molar-refractivity contribution in [3.05, 3.63) is 75.5 Å². The quantitative estimate of drug-likeness (QED) is 0.330. The molecule has 0 bridgehead atoms. The predicted molar refractivity (Wildman–Crippen MR) is 107 cm³/mol. The number of hydrogen-bond acceptors (Lipinski definition) is 3. The van der Waals surface area contributed by atoms with Gasteiger partial charge in [0, 0.05) is 22.9 Å². The average Bonchev–Trinajstić information content (AvgIpc) is 3.00. The third-order valence-electron chi connectivity index (χ3n) is 3.58. The van der Waals surface area contributed by atoms with Crippen molar-refractivity contribution in [3.8, 4) is 11.4 Å². The number of nitrogens with zero attached hydrogens (tertiary/aromatic N) is 3. The fourth-order valence-corrected chi connectivity index (χ4v) is 3.88. The van der Waals surface area contributed by atoms with Crippen molar-refractivity contribution < 1.29 is 4.39 Å². The fraction of sp³-hybridized carbons (Fsp3) is 0.111. The maximum Gasteiger partial charge on any atom is 0.192 e. The monoisotopic (exact) mass is 427 g/mol. The number of hydrogen-bond donors (Lipinski definition) is 0. The van der Waals surface area contributed by atoms with Gasteiger partial charge >= 0.3 is 0 Å². The van der Waals surface area contributed by atoms with E-state index in [0.29, 0.717) is 38.3 Å². The Morgan fingerprint density at radius 1 is 1.04 bits per heavy atom. The first-order valence-corrected chi connectivity index (χ1v) is 9.67. The molecule has 3 rings (SSSR count). The molecule has 0 saturated heterocycles. The zero-order valence-electron chi connectivity index (χ0n) is 13.4. The van der Waals surface area contributed by atoms with E-state index in [9.17, 15) is 4.39 Å². The van der Waals surface area contributed by atoms with Crippen molar-refractivity contribution in [2.75, 3.05) is 0 Å². The lowest BCUT2D eigenvalue weighted by Gasteiger charge is -2.09. The normalized spacial score (nSPS) is 10.9. The van der Waals surface area contributed by atoms with Gasteiger partial charge in [-0.2, -0.15) is 0 Å². The van der Waals surface area contributed by atoms with E-state index < -0.39 is 0 Å². The van der Waals surface area contributed by atoms with Crippen molar-refractivity contribution in [2.24, 2.45) is 0 Å². The minimum Gasteiger partial charge on any atom is -0.298 e. The van der Waals surface area contributed by atoms with E-state index in [1.807, 2.05) is 10.6 Å². The number of halogens is 4. The summed E-state index contributed by atoms with van der Waals surface area (Å²) in [6.45, 7) is 4.32. The van der Waals surface area contributed by atoms with Crippen molar-refractivity contribution in [1.82, 2.24) is 14.8 Å². The zero-order chi connectivity index (χ0) is 18.7. The first-order valence-electron chi connectivity index (χ1n) is 7.56. The number of benzene rings is 2. The van der Waals surface area contributed by atoms with E-state index in [-0.39, 0.29) is 5.82 Å². The second kappa shape index (κ2) is 8.44. The molecule has 0 aliphatic carbocycles. The second-order valence-corrected chi connectivity index (χ2v) is 7.52. The van der Waals surface area contributed by atoms with Gasteiger partial charge in [0.15, 0.2) is 11.0 Å². The number of rotatable bonds is 6. The topological polar surface area (TPSA) is 30.7 Å². The Morgan fingerprint density at radius 2 is 1.85 bits per heavy atom. The highest BCUT2D eigenvalue weighted by atomic mass is 35.5. The van der Waals surface area contributed by atoms with Crippen molar-refractivity contribution in [2.45, 2.75) is 17.5 Å². The average molecular weight is 429 g/mol. The van der Waals surface area contributed by atoms with Crippen LogP contribution in [0, 0.1) is 5.82 Å². The molecular weight excluding hydrogens is 416 g/mol. The SMILES string of the molecule is C=CCn1c(SCc2ccc(F)cc2Cl)nnc1-c1ccc(Cl)c(Cl)c1. The van der Waals surface area contributed by atoms with Gasteiger partial charge in [-0.25, -0.2) is 4.39 Å². The van der Waals surface area contributed by atoms with Gasteiger partial charge in [-0.05, 0) is 35.9 Å². The van der Waals surface area contributed by atoms with E-state index in [1.54, 1.807) is 24.3 Å². The summed E-state index contributed by atoms with van der Waals surface area (Å²) in [5, 5.41) is 10.5. The zero-order valence-corrected chi connectivity index (χ0v) is 16.5. The number of thioether (sulfide) groups is 1.